The van der Waals surface area contributed by atoms with Crippen LogP contribution in [0.2, 0.25) is 5.02 Å². The molecule has 0 aliphatic heterocycles. The highest BCUT2D eigenvalue weighted by molar-refractivity contribution is 6.33. The van der Waals surface area contributed by atoms with E-state index in [0.29, 0.717) is 10.7 Å². The van der Waals surface area contributed by atoms with Crippen LogP contribution in [0, 0.1) is 5.82 Å². The van der Waals surface area contributed by atoms with Crippen LogP contribution in [0.1, 0.15) is 18.5 Å². The van der Waals surface area contributed by atoms with E-state index in [4.69, 9.17) is 11.6 Å². The molecule has 2 nitrogen and oxygen atoms in total. The lowest BCUT2D eigenvalue weighted by Gasteiger charge is -2.16. The Morgan fingerprint density at radius 3 is 2.88 bits per heavy atom. The van der Waals surface area contributed by atoms with Crippen molar-refractivity contribution in [3.8, 4) is 0 Å². The number of hydrogen-bond acceptors (Lipinski definition) is 2. The monoisotopic (exact) mass is 250 g/mol. The zero-order chi connectivity index (χ0) is 12.3. The summed E-state index contributed by atoms with van der Waals surface area (Å²) < 4.78 is 13.1. The molecule has 2 aromatic rings. The first-order chi connectivity index (χ1) is 8.16. The van der Waals surface area contributed by atoms with E-state index in [-0.39, 0.29) is 11.9 Å². The summed E-state index contributed by atoms with van der Waals surface area (Å²) in [5, 5.41) is 3.66. The normalized spacial score (nSPS) is 12.2. The van der Waals surface area contributed by atoms with Gasteiger partial charge in [-0.2, -0.15) is 0 Å². The van der Waals surface area contributed by atoms with Gasteiger partial charge in [-0.05, 0) is 36.8 Å². The summed E-state index contributed by atoms with van der Waals surface area (Å²) in [4.78, 5) is 4.04. The Morgan fingerprint density at radius 2 is 2.18 bits per heavy atom. The third-order valence-electron chi connectivity index (χ3n) is 2.48. The predicted molar refractivity (Wildman–Crippen MR) is 67.7 cm³/mol. The van der Waals surface area contributed by atoms with Crippen molar-refractivity contribution in [3.05, 3.63) is 59.1 Å². The van der Waals surface area contributed by atoms with Gasteiger partial charge >= 0.3 is 0 Å². The van der Waals surface area contributed by atoms with Crippen molar-refractivity contribution in [2.45, 2.75) is 13.0 Å². The lowest BCUT2D eigenvalue weighted by atomic mass is 10.1. The van der Waals surface area contributed by atoms with Crippen LogP contribution in [0.5, 0.6) is 0 Å². The molecular weight excluding hydrogens is 239 g/mol. The van der Waals surface area contributed by atoms with Crippen LogP contribution in [0.25, 0.3) is 0 Å². The van der Waals surface area contributed by atoms with Gasteiger partial charge in [-0.25, -0.2) is 4.39 Å². The zero-order valence-corrected chi connectivity index (χ0v) is 10.1. The Kier molecular flexibility index (Phi) is 3.59. The third-order valence-corrected chi connectivity index (χ3v) is 2.81. The van der Waals surface area contributed by atoms with Crippen molar-refractivity contribution >= 4 is 17.3 Å². The molecular formula is C13H12ClFN2. The quantitative estimate of drug-likeness (QED) is 0.889. The summed E-state index contributed by atoms with van der Waals surface area (Å²) in [5.74, 6) is -0.310. The van der Waals surface area contributed by atoms with E-state index in [1.54, 1.807) is 12.4 Å². The molecule has 0 saturated heterocycles. The van der Waals surface area contributed by atoms with Crippen molar-refractivity contribution in [1.82, 2.24) is 4.98 Å². The number of nitrogens with one attached hydrogen (secondary N) is 1. The SMILES string of the molecule is CC(Nc1cc(F)ccc1Cl)c1cccnc1. The molecule has 1 N–H and O–H groups in total. The second kappa shape index (κ2) is 5.15. The third kappa shape index (κ3) is 2.94. The summed E-state index contributed by atoms with van der Waals surface area (Å²) in [5.41, 5.74) is 1.61. The average molecular weight is 251 g/mol. The molecule has 1 aromatic heterocycles. The summed E-state index contributed by atoms with van der Waals surface area (Å²) in [6.45, 7) is 1.97. The Bertz CT molecular complexity index is 502. The average Bonchev–Trinajstić information content (AvgIpc) is 2.35. The predicted octanol–water partition coefficient (Wildman–Crippen LogP) is 4.05. The molecule has 0 bridgehead atoms. The zero-order valence-electron chi connectivity index (χ0n) is 9.32. The Labute approximate surface area is 104 Å². The van der Waals surface area contributed by atoms with Crippen LogP contribution in [0.4, 0.5) is 10.1 Å². The number of nitrogens with zero attached hydrogens (tertiary/aromatic N) is 1. The molecule has 0 radical (unpaired) electrons. The van der Waals surface area contributed by atoms with E-state index in [0.717, 1.165) is 5.56 Å². The van der Waals surface area contributed by atoms with Crippen molar-refractivity contribution < 1.29 is 4.39 Å². The molecule has 0 fully saturated rings. The fraction of sp³-hybridized carbons (Fsp3) is 0.154. The molecule has 1 heterocycles. The first-order valence-corrected chi connectivity index (χ1v) is 5.66. The lowest BCUT2D eigenvalue weighted by Crippen LogP contribution is -2.07. The largest absolute Gasteiger partial charge is 0.377 e. The molecule has 0 aliphatic carbocycles. The molecule has 88 valence electrons. The van der Waals surface area contributed by atoms with Crippen LogP contribution in [0.3, 0.4) is 0 Å². The van der Waals surface area contributed by atoms with E-state index in [1.807, 2.05) is 19.1 Å². The number of benzene rings is 1. The molecule has 1 aromatic carbocycles. The molecule has 1 atom stereocenters. The maximum atomic E-state index is 13.1. The number of anilines is 1. The molecule has 17 heavy (non-hydrogen) atoms. The fourth-order valence-electron chi connectivity index (χ4n) is 1.56. The first-order valence-electron chi connectivity index (χ1n) is 5.28. The Hall–Kier alpha value is -1.61. The minimum atomic E-state index is -0.310. The fourth-order valence-corrected chi connectivity index (χ4v) is 1.73. The summed E-state index contributed by atoms with van der Waals surface area (Å²) in [6, 6.07) is 8.09. The van der Waals surface area contributed by atoms with Crippen LogP contribution in [-0.4, -0.2) is 4.98 Å². The minimum absolute atomic E-state index is 0.0167. The number of pyridine rings is 1. The molecule has 1 unspecified atom stereocenters. The van der Waals surface area contributed by atoms with Gasteiger partial charge in [-0.15, -0.1) is 0 Å². The number of aromatic nitrogens is 1. The molecule has 0 aliphatic rings. The van der Waals surface area contributed by atoms with Gasteiger partial charge < -0.3 is 5.32 Å². The van der Waals surface area contributed by atoms with E-state index in [9.17, 15) is 4.39 Å². The Balaban J connectivity index is 2.18. The number of hydrogen-bond donors (Lipinski definition) is 1. The summed E-state index contributed by atoms with van der Waals surface area (Å²) in [7, 11) is 0. The van der Waals surface area contributed by atoms with Crippen LogP contribution in [-0.2, 0) is 0 Å². The highest BCUT2D eigenvalue weighted by Gasteiger charge is 2.08. The van der Waals surface area contributed by atoms with Gasteiger partial charge in [0.1, 0.15) is 5.82 Å². The van der Waals surface area contributed by atoms with Gasteiger partial charge in [0.15, 0.2) is 0 Å². The second-order valence-corrected chi connectivity index (χ2v) is 4.18. The van der Waals surface area contributed by atoms with Gasteiger partial charge in [0.2, 0.25) is 0 Å². The van der Waals surface area contributed by atoms with Crippen molar-refractivity contribution in [2.24, 2.45) is 0 Å². The highest BCUT2D eigenvalue weighted by atomic mass is 35.5. The number of rotatable bonds is 3. The van der Waals surface area contributed by atoms with E-state index in [1.165, 1.54) is 18.2 Å². The minimum Gasteiger partial charge on any atom is -0.377 e. The lowest BCUT2D eigenvalue weighted by molar-refractivity contribution is 0.628. The Morgan fingerprint density at radius 1 is 1.35 bits per heavy atom. The maximum Gasteiger partial charge on any atom is 0.125 e. The second-order valence-electron chi connectivity index (χ2n) is 3.78. The van der Waals surface area contributed by atoms with Gasteiger partial charge in [-0.3, -0.25) is 4.98 Å². The van der Waals surface area contributed by atoms with Crippen molar-refractivity contribution in [1.29, 1.82) is 0 Å². The molecule has 4 heteroatoms. The van der Waals surface area contributed by atoms with Gasteiger partial charge in [0, 0.05) is 12.4 Å². The highest BCUT2D eigenvalue weighted by Crippen LogP contribution is 2.26. The first kappa shape index (κ1) is 11.9. The maximum absolute atomic E-state index is 13.1. The van der Waals surface area contributed by atoms with E-state index >= 15 is 0 Å². The van der Waals surface area contributed by atoms with Gasteiger partial charge in [0.25, 0.3) is 0 Å². The van der Waals surface area contributed by atoms with Crippen LogP contribution in [0.15, 0.2) is 42.7 Å². The molecule has 0 amide bonds. The van der Waals surface area contributed by atoms with E-state index in [2.05, 4.69) is 10.3 Å². The standard InChI is InChI=1S/C13H12ClFN2/c1-9(10-3-2-6-16-8-10)17-13-7-11(15)4-5-12(13)14/h2-9,17H,1H3. The summed E-state index contributed by atoms with van der Waals surface area (Å²) >= 11 is 5.98. The van der Waals surface area contributed by atoms with Gasteiger partial charge in [-0.1, -0.05) is 17.7 Å². The van der Waals surface area contributed by atoms with Crippen LogP contribution < -0.4 is 5.32 Å². The van der Waals surface area contributed by atoms with Crippen molar-refractivity contribution in [3.63, 3.8) is 0 Å². The smallest absolute Gasteiger partial charge is 0.125 e. The topological polar surface area (TPSA) is 24.9 Å². The molecule has 0 saturated carbocycles. The van der Waals surface area contributed by atoms with E-state index < -0.39 is 0 Å². The van der Waals surface area contributed by atoms with Crippen LogP contribution >= 0.6 is 11.6 Å². The molecule has 0 spiro atoms. The summed E-state index contributed by atoms with van der Waals surface area (Å²) in [6.07, 6.45) is 3.48. The molecule has 2 rings (SSSR count). The van der Waals surface area contributed by atoms with Crippen molar-refractivity contribution in [2.75, 3.05) is 5.32 Å². The number of halogens is 2. The van der Waals surface area contributed by atoms with Gasteiger partial charge in [0.05, 0.1) is 16.8 Å².